The lowest BCUT2D eigenvalue weighted by molar-refractivity contribution is 0.210. The van der Waals surface area contributed by atoms with Crippen LogP contribution in [-0.2, 0) is 4.74 Å². The van der Waals surface area contributed by atoms with Crippen LogP contribution in [0.4, 0.5) is 11.6 Å². The zero-order valence-electron chi connectivity index (χ0n) is 15.5. The monoisotopic (exact) mass is 352 g/mol. The minimum atomic E-state index is 0.640. The molecule has 1 aromatic heterocycles. The van der Waals surface area contributed by atoms with E-state index in [9.17, 15) is 0 Å². The summed E-state index contributed by atoms with van der Waals surface area (Å²) in [6.45, 7) is 2.25. The predicted molar refractivity (Wildman–Crippen MR) is 107 cm³/mol. The number of benzene rings is 1. The number of hydrogen-bond donors (Lipinski definition) is 2. The molecule has 5 heteroatoms. The van der Waals surface area contributed by atoms with Gasteiger partial charge in [-0.15, -0.1) is 0 Å². The van der Waals surface area contributed by atoms with Crippen molar-refractivity contribution in [1.82, 2.24) is 9.97 Å². The summed E-state index contributed by atoms with van der Waals surface area (Å²) in [5.41, 5.74) is 2.58. The lowest BCUT2D eigenvalue weighted by Crippen LogP contribution is -2.11. The second kappa shape index (κ2) is 9.92. The third-order valence-electron chi connectivity index (χ3n) is 4.51. The highest BCUT2D eigenvalue weighted by atomic mass is 16.5. The van der Waals surface area contributed by atoms with Crippen LogP contribution in [-0.4, -0.2) is 36.8 Å². The van der Waals surface area contributed by atoms with Crippen molar-refractivity contribution in [3.8, 4) is 11.4 Å². The normalized spacial score (nSPS) is 14.0. The molecule has 2 N–H and O–H groups in total. The SMILES string of the molecule is COCCNc1cc(NCCC2=CCCCC2)nc(-c2ccccc2)n1. The lowest BCUT2D eigenvalue weighted by Gasteiger charge is -2.14. The van der Waals surface area contributed by atoms with Crippen molar-refractivity contribution in [1.29, 1.82) is 0 Å². The van der Waals surface area contributed by atoms with Gasteiger partial charge >= 0.3 is 0 Å². The molecule has 0 amide bonds. The van der Waals surface area contributed by atoms with Crippen molar-refractivity contribution in [2.24, 2.45) is 0 Å². The first-order valence-corrected chi connectivity index (χ1v) is 9.44. The zero-order chi connectivity index (χ0) is 18.0. The highest BCUT2D eigenvalue weighted by Crippen LogP contribution is 2.22. The number of nitrogens with one attached hydrogen (secondary N) is 2. The van der Waals surface area contributed by atoms with Gasteiger partial charge in [0.1, 0.15) is 11.6 Å². The third-order valence-corrected chi connectivity index (χ3v) is 4.51. The lowest BCUT2D eigenvalue weighted by atomic mass is 9.97. The molecule has 0 bridgehead atoms. The van der Waals surface area contributed by atoms with E-state index in [4.69, 9.17) is 9.72 Å². The molecule has 1 aromatic carbocycles. The predicted octanol–water partition coefficient (Wildman–Crippen LogP) is 4.50. The molecule has 0 aliphatic heterocycles. The molecule has 5 nitrogen and oxygen atoms in total. The van der Waals surface area contributed by atoms with Crippen LogP contribution < -0.4 is 10.6 Å². The molecule has 138 valence electrons. The van der Waals surface area contributed by atoms with Crippen molar-refractivity contribution >= 4 is 11.6 Å². The van der Waals surface area contributed by atoms with Gasteiger partial charge in [-0.05, 0) is 32.1 Å². The van der Waals surface area contributed by atoms with Crippen molar-refractivity contribution in [2.45, 2.75) is 32.1 Å². The van der Waals surface area contributed by atoms with Crippen LogP contribution in [0.5, 0.6) is 0 Å². The Kier molecular flexibility index (Phi) is 7.02. The van der Waals surface area contributed by atoms with Gasteiger partial charge in [0, 0.05) is 31.8 Å². The van der Waals surface area contributed by atoms with Crippen LogP contribution in [0, 0.1) is 0 Å². The fourth-order valence-corrected chi connectivity index (χ4v) is 3.11. The van der Waals surface area contributed by atoms with Gasteiger partial charge in [-0.1, -0.05) is 42.0 Å². The van der Waals surface area contributed by atoms with E-state index in [1.165, 1.54) is 25.7 Å². The molecular weight excluding hydrogens is 324 g/mol. The van der Waals surface area contributed by atoms with Crippen molar-refractivity contribution in [3.63, 3.8) is 0 Å². The van der Waals surface area contributed by atoms with Crippen LogP contribution in [0.25, 0.3) is 11.4 Å². The van der Waals surface area contributed by atoms with E-state index in [0.717, 1.165) is 36.0 Å². The summed E-state index contributed by atoms with van der Waals surface area (Å²) in [7, 11) is 1.70. The van der Waals surface area contributed by atoms with E-state index in [-0.39, 0.29) is 0 Å². The van der Waals surface area contributed by atoms with E-state index in [0.29, 0.717) is 13.2 Å². The number of allylic oxidation sites excluding steroid dienone is 1. The Labute approximate surface area is 155 Å². The van der Waals surface area contributed by atoms with E-state index in [1.807, 2.05) is 36.4 Å². The summed E-state index contributed by atoms with van der Waals surface area (Å²) in [6, 6.07) is 12.0. The molecule has 3 rings (SSSR count). The first kappa shape index (κ1) is 18.4. The van der Waals surface area contributed by atoms with Gasteiger partial charge in [0.05, 0.1) is 6.61 Å². The topological polar surface area (TPSA) is 59.1 Å². The maximum atomic E-state index is 5.11. The van der Waals surface area contributed by atoms with Gasteiger partial charge in [-0.2, -0.15) is 0 Å². The van der Waals surface area contributed by atoms with Crippen LogP contribution in [0.1, 0.15) is 32.1 Å². The Bertz CT molecular complexity index is 715. The fraction of sp³-hybridized carbons (Fsp3) is 0.429. The van der Waals surface area contributed by atoms with Gasteiger partial charge in [-0.25, -0.2) is 9.97 Å². The molecule has 0 spiro atoms. The Morgan fingerprint density at radius 3 is 2.46 bits per heavy atom. The van der Waals surface area contributed by atoms with Crippen LogP contribution in [0.15, 0.2) is 48.0 Å². The minimum Gasteiger partial charge on any atom is -0.383 e. The molecule has 0 saturated carbocycles. The largest absolute Gasteiger partial charge is 0.383 e. The Morgan fingerprint density at radius 2 is 1.77 bits per heavy atom. The second-order valence-electron chi connectivity index (χ2n) is 6.53. The van der Waals surface area contributed by atoms with Crippen molar-refractivity contribution in [2.75, 3.05) is 37.4 Å². The zero-order valence-corrected chi connectivity index (χ0v) is 15.5. The van der Waals surface area contributed by atoms with Gasteiger partial charge in [0.25, 0.3) is 0 Å². The number of anilines is 2. The number of nitrogens with zero attached hydrogens (tertiary/aromatic N) is 2. The first-order chi connectivity index (χ1) is 12.8. The maximum Gasteiger partial charge on any atom is 0.163 e. The molecule has 0 fully saturated rings. The molecular formula is C21H28N4O. The van der Waals surface area contributed by atoms with E-state index in [1.54, 1.807) is 12.7 Å². The number of rotatable bonds is 9. The average Bonchev–Trinajstić information content (AvgIpc) is 2.70. The molecule has 1 heterocycles. The standard InChI is InChI=1S/C21H28N4O/c1-26-15-14-23-20-16-19(22-13-12-17-8-4-2-5-9-17)24-21(25-20)18-10-6-3-7-11-18/h3,6-8,10-11,16H,2,4-5,9,12-15H2,1H3,(H2,22,23,24,25). The summed E-state index contributed by atoms with van der Waals surface area (Å²) >= 11 is 0. The van der Waals surface area contributed by atoms with E-state index >= 15 is 0 Å². The molecule has 1 aliphatic carbocycles. The molecule has 0 saturated heterocycles. The number of methoxy groups -OCH3 is 1. The molecule has 0 radical (unpaired) electrons. The maximum absolute atomic E-state index is 5.11. The van der Waals surface area contributed by atoms with Gasteiger partial charge in [0.2, 0.25) is 0 Å². The average molecular weight is 352 g/mol. The van der Waals surface area contributed by atoms with Gasteiger partial charge < -0.3 is 15.4 Å². The smallest absolute Gasteiger partial charge is 0.163 e. The Hall–Kier alpha value is -2.40. The molecule has 26 heavy (non-hydrogen) atoms. The number of aromatic nitrogens is 2. The van der Waals surface area contributed by atoms with E-state index in [2.05, 4.69) is 21.7 Å². The molecule has 1 aliphatic rings. The van der Waals surface area contributed by atoms with Gasteiger partial charge in [0.15, 0.2) is 5.82 Å². The quantitative estimate of drug-likeness (QED) is 0.514. The second-order valence-corrected chi connectivity index (χ2v) is 6.53. The molecule has 0 unspecified atom stereocenters. The highest BCUT2D eigenvalue weighted by molar-refractivity contribution is 5.61. The number of hydrogen-bond acceptors (Lipinski definition) is 5. The van der Waals surface area contributed by atoms with Crippen molar-refractivity contribution in [3.05, 3.63) is 48.0 Å². The van der Waals surface area contributed by atoms with Crippen LogP contribution in [0.2, 0.25) is 0 Å². The highest BCUT2D eigenvalue weighted by Gasteiger charge is 2.08. The fourth-order valence-electron chi connectivity index (χ4n) is 3.11. The van der Waals surface area contributed by atoms with Gasteiger partial charge in [-0.3, -0.25) is 0 Å². The van der Waals surface area contributed by atoms with Crippen LogP contribution in [0.3, 0.4) is 0 Å². The summed E-state index contributed by atoms with van der Waals surface area (Å²) in [4.78, 5) is 9.35. The Morgan fingerprint density at radius 1 is 1.00 bits per heavy atom. The summed E-state index contributed by atoms with van der Waals surface area (Å²) in [6.07, 6.45) is 8.61. The molecule has 2 aromatic rings. The number of ether oxygens (including phenoxy) is 1. The summed E-state index contributed by atoms with van der Waals surface area (Å²) in [5, 5.41) is 6.78. The molecule has 0 atom stereocenters. The van der Waals surface area contributed by atoms with Crippen molar-refractivity contribution < 1.29 is 4.74 Å². The van der Waals surface area contributed by atoms with E-state index < -0.39 is 0 Å². The first-order valence-electron chi connectivity index (χ1n) is 9.44. The van der Waals surface area contributed by atoms with Crippen LogP contribution >= 0.6 is 0 Å². The summed E-state index contributed by atoms with van der Waals surface area (Å²) < 4.78 is 5.11. The Balaban J connectivity index is 1.70. The third kappa shape index (κ3) is 5.56. The summed E-state index contributed by atoms with van der Waals surface area (Å²) in [5.74, 6) is 2.40. The minimum absolute atomic E-state index is 0.640.